The van der Waals surface area contributed by atoms with E-state index in [1.165, 1.54) is 0 Å². The number of hydrogen-bond donors (Lipinski definition) is 3. The summed E-state index contributed by atoms with van der Waals surface area (Å²) in [5.74, 6) is 0.342. The van der Waals surface area contributed by atoms with Gasteiger partial charge in [0, 0.05) is 18.9 Å². The van der Waals surface area contributed by atoms with Crippen molar-refractivity contribution in [3.8, 4) is 0 Å². The van der Waals surface area contributed by atoms with E-state index < -0.39 is 0 Å². The molecule has 0 saturated heterocycles. The molecule has 0 aromatic rings. The molecule has 0 radical (unpaired) electrons. The SMILES string of the molecule is CC(C)C(=O)CCCNC(=N)N. The Morgan fingerprint density at radius 2 is 2.17 bits per heavy atom. The van der Waals surface area contributed by atoms with Crippen molar-refractivity contribution in [3.05, 3.63) is 0 Å². The van der Waals surface area contributed by atoms with Crippen LogP contribution in [0.2, 0.25) is 0 Å². The van der Waals surface area contributed by atoms with Crippen LogP contribution in [0.3, 0.4) is 0 Å². The lowest BCUT2D eigenvalue weighted by Gasteiger charge is -2.04. The molecule has 12 heavy (non-hydrogen) atoms. The Morgan fingerprint density at radius 1 is 1.58 bits per heavy atom. The predicted molar refractivity (Wildman–Crippen MR) is 49.0 cm³/mol. The van der Waals surface area contributed by atoms with E-state index in [1.54, 1.807) is 0 Å². The molecular formula is C8H17N3O. The maximum atomic E-state index is 11.1. The van der Waals surface area contributed by atoms with Gasteiger partial charge < -0.3 is 11.1 Å². The van der Waals surface area contributed by atoms with Crippen molar-refractivity contribution in [2.75, 3.05) is 6.54 Å². The molecule has 0 aromatic carbocycles. The number of carbonyl (C=O) groups is 1. The van der Waals surface area contributed by atoms with E-state index in [4.69, 9.17) is 11.1 Å². The highest BCUT2D eigenvalue weighted by Crippen LogP contribution is 2.00. The number of nitrogens with two attached hydrogens (primary N) is 1. The molecule has 0 aliphatic heterocycles. The first-order chi connectivity index (χ1) is 5.54. The zero-order valence-corrected chi connectivity index (χ0v) is 7.68. The number of ketones is 1. The first kappa shape index (κ1) is 10.9. The molecule has 0 atom stereocenters. The van der Waals surface area contributed by atoms with E-state index in [0.717, 1.165) is 6.42 Å². The largest absolute Gasteiger partial charge is 0.370 e. The van der Waals surface area contributed by atoms with E-state index in [-0.39, 0.29) is 17.7 Å². The van der Waals surface area contributed by atoms with Gasteiger partial charge in [0.1, 0.15) is 5.78 Å². The molecule has 0 aliphatic carbocycles. The number of hydrogen-bond acceptors (Lipinski definition) is 2. The summed E-state index contributed by atoms with van der Waals surface area (Å²) in [5.41, 5.74) is 5.06. The molecule has 70 valence electrons. The van der Waals surface area contributed by atoms with E-state index >= 15 is 0 Å². The third kappa shape index (κ3) is 5.70. The standard InChI is InChI=1S/C8H17N3O/c1-6(2)7(12)4-3-5-11-8(9)10/h6H,3-5H2,1-2H3,(H4,9,10,11). The topological polar surface area (TPSA) is 79.0 Å². The zero-order chi connectivity index (χ0) is 9.56. The minimum atomic E-state index is -0.0352. The van der Waals surface area contributed by atoms with Crippen LogP contribution in [0, 0.1) is 11.3 Å². The van der Waals surface area contributed by atoms with E-state index in [9.17, 15) is 4.79 Å². The maximum Gasteiger partial charge on any atom is 0.185 e. The summed E-state index contributed by atoms with van der Waals surface area (Å²) in [5, 5.41) is 9.49. The molecular weight excluding hydrogens is 154 g/mol. The van der Waals surface area contributed by atoms with Gasteiger partial charge in [-0.15, -0.1) is 0 Å². The lowest BCUT2D eigenvalue weighted by molar-refractivity contribution is -0.121. The second kappa shape index (κ2) is 5.57. The quantitative estimate of drug-likeness (QED) is 0.320. The van der Waals surface area contributed by atoms with Crippen LogP contribution in [0.5, 0.6) is 0 Å². The van der Waals surface area contributed by atoms with Crippen molar-refractivity contribution in [3.63, 3.8) is 0 Å². The molecule has 0 rings (SSSR count). The third-order valence-corrected chi connectivity index (χ3v) is 1.56. The minimum absolute atomic E-state index is 0.0352. The summed E-state index contributed by atoms with van der Waals surface area (Å²) < 4.78 is 0. The van der Waals surface area contributed by atoms with Gasteiger partial charge in [0.25, 0.3) is 0 Å². The molecule has 4 nitrogen and oxygen atoms in total. The molecule has 0 spiro atoms. The summed E-state index contributed by atoms with van der Waals surface area (Å²) in [6.07, 6.45) is 1.31. The first-order valence-corrected chi connectivity index (χ1v) is 4.14. The molecule has 0 saturated carbocycles. The van der Waals surface area contributed by atoms with Crippen molar-refractivity contribution in [1.29, 1.82) is 5.41 Å². The Bertz CT molecular complexity index is 166. The van der Waals surface area contributed by atoms with Gasteiger partial charge in [-0.05, 0) is 6.42 Å². The summed E-state index contributed by atoms with van der Waals surface area (Å²) in [6.45, 7) is 4.38. The summed E-state index contributed by atoms with van der Waals surface area (Å²) in [6, 6.07) is 0. The Hall–Kier alpha value is -1.06. The normalized spacial score (nSPS) is 9.92. The van der Waals surface area contributed by atoms with Crippen LogP contribution in [0.25, 0.3) is 0 Å². The van der Waals surface area contributed by atoms with Gasteiger partial charge in [0.15, 0.2) is 5.96 Å². The average molecular weight is 171 g/mol. The molecule has 0 aromatic heterocycles. The van der Waals surface area contributed by atoms with Crippen LogP contribution >= 0.6 is 0 Å². The number of rotatable bonds is 5. The molecule has 0 amide bonds. The van der Waals surface area contributed by atoms with Crippen LogP contribution in [-0.4, -0.2) is 18.3 Å². The molecule has 0 unspecified atom stereocenters. The number of carbonyl (C=O) groups excluding carboxylic acids is 1. The van der Waals surface area contributed by atoms with E-state index in [2.05, 4.69) is 5.32 Å². The van der Waals surface area contributed by atoms with Crippen molar-refractivity contribution >= 4 is 11.7 Å². The highest BCUT2D eigenvalue weighted by molar-refractivity contribution is 5.80. The lowest BCUT2D eigenvalue weighted by Crippen LogP contribution is -2.31. The zero-order valence-electron chi connectivity index (χ0n) is 7.68. The van der Waals surface area contributed by atoms with Crippen LogP contribution in [0.15, 0.2) is 0 Å². The second-order valence-electron chi connectivity index (χ2n) is 3.07. The van der Waals surface area contributed by atoms with Gasteiger partial charge in [0.2, 0.25) is 0 Å². The van der Waals surface area contributed by atoms with Gasteiger partial charge in [-0.25, -0.2) is 0 Å². The van der Waals surface area contributed by atoms with E-state index in [1.807, 2.05) is 13.8 Å². The first-order valence-electron chi connectivity index (χ1n) is 4.14. The fourth-order valence-electron chi connectivity index (χ4n) is 0.774. The average Bonchev–Trinajstić information content (AvgIpc) is 1.97. The van der Waals surface area contributed by atoms with E-state index in [0.29, 0.717) is 13.0 Å². The fourth-order valence-corrected chi connectivity index (χ4v) is 0.774. The third-order valence-electron chi connectivity index (χ3n) is 1.56. The summed E-state index contributed by atoms with van der Waals surface area (Å²) >= 11 is 0. The molecule has 0 heterocycles. The fraction of sp³-hybridized carbons (Fsp3) is 0.750. The lowest BCUT2D eigenvalue weighted by atomic mass is 10.1. The number of nitrogens with one attached hydrogen (secondary N) is 2. The Morgan fingerprint density at radius 3 is 2.58 bits per heavy atom. The molecule has 4 N–H and O–H groups in total. The monoisotopic (exact) mass is 171 g/mol. The summed E-state index contributed by atoms with van der Waals surface area (Å²) in [7, 11) is 0. The maximum absolute atomic E-state index is 11.1. The predicted octanol–water partition coefficient (Wildman–Crippen LogP) is 0.475. The van der Waals surface area contributed by atoms with Crippen molar-refractivity contribution in [2.24, 2.45) is 11.7 Å². The van der Waals surface area contributed by atoms with Crippen LogP contribution in [0.4, 0.5) is 0 Å². The van der Waals surface area contributed by atoms with Gasteiger partial charge in [0.05, 0.1) is 0 Å². The molecule has 0 fully saturated rings. The van der Waals surface area contributed by atoms with Gasteiger partial charge >= 0.3 is 0 Å². The number of Topliss-reactive ketones (excluding diaryl/α,β-unsaturated/α-hetero) is 1. The number of guanidine groups is 1. The van der Waals surface area contributed by atoms with Crippen LogP contribution in [-0.2, 0) is 4.79 Å². The van der Waals surface area contributed by atoms with Crippen LogP contribution < -0.4 is 11.1 Å². The molecule has 4 heteroatoms. The Balaban J connectivity index is 3.32. The minimum Gasteiger partial charge on any atom is -0.370 e. The Labute approximate surface area is 73.0 Å². The Kier molecular flexibility index (Phi) is 5.08. The summed E-state index contributed by atoms with van der Waals surface area (Å²) in [4.78, 5) is 11.1. The smallest absolute Gasteiger partial charge is 0.185 e. The highest BCUT2D eigenvalue weighted by Gasteiger charge is 2.05. The van der Waals surface area contributed by atoms with Crippen molar-refractivity contribution < 1.29 is 4.79 Å². The van der Waals surface area contributed by atoms with Crippen molar-refractivity contribution in [1.82, 2.24) is 5.32 Å². The van der Waals surface area contributed by atoms with Gasteiger partial charge in [-0.2, -0.15) is 0 Å². The molecule has 0 aliphatic rings. The highest BCUT2D eigenvalue weighted by atomic mass is 16.1. The molecule has 0 bridgehead atoms. The van der Waals surface area contributed by atoms with Crippen molar-refractivity contribution in [2.45, 2.75) is 26.7 Å². The van der Waals surface area contributed by atoms with Gasteiger partial charge in [-0.1, -0.05) is 13.8 Å². The van der Waals surface area contributed by atoms with Crippen LogP contribution in [0.1, 0.15) is 26.7 Å². The van der Waals surface area contributed by atoms with Gasteiger partial charge in [-0.3, -0.25) is 10.2 Å². The second-order valence-corrected chi connectivity index (χ2v) is 3.07.